The molecule has 1 aromatic carbocycles. The highest BCUT2D eigenvalue weighted by atomic mass is 127. The number of pyridine rings is 1. The first kappa shape index (κ1) is 19.2. The molecule has 0 bridgehead atoms. The number of nitrogens with one attached hydrogen (secondary N) is 1. The van der Waals surface area contributed by atoms with Crippen molar-refractivity contribution < 1.29 is 9.18 Å². The van der Waals surface area contributed by atoms with Gasteiger partial charge in [0.2, 0.25) is 5.95 Å². The van der Waals surface area contributed by atoms with Crippen LogP contribution < -0.4 is 16.8 Å². The molecule has 0 unspecified atom stereocenters. The number of aromatic nitrogens is 3. The summed E-state index contributed by atoms with van der Waals surface area (Å²) in [6, 6.07) is 4.45. The first-order valence-electron chi connectivity index (χ1n) is 8.37. The number of anilines is 3. The van der Waals surface area contributed by atoms with E-state index in [2.05, 4.69) is 42.9 Å². The average molecular weight is 480 g/mol. The van der Waals surface area contributed by atoms with E-state index < -0.39 is 11.9 Å². The van der Waals surface area contributed by atoms with Crippen LogP contribution in [0.25, 0.3) is 11.0 Å². The SMILES string of the molecule is CCc1nc2c(N)c(I)c(CC)c(Nc3cccc(F)n3)c2nc1C(N)=O. The van der Waals surface area contributed by atoms with Crippen molar-refractivity contribution in [3.63, 3.8) is 0 Å². The van der Waals surface area contributed by atoms with Crippen LogP contribution in [0.5, 0.6) is 0 Å². The van der Waals surface area contributed by atoms with Crippen molar-refractivity contribution in [2.24, 2.45) is 5.73 Å². The van der Waals surface area contributed by atoms with Crippen molar-refractivity contribution in [2.45, 2.75) is 26.7 Å². The number of fused-ring (bicyclic) bond motifs is 1. The zero-order valence-corrected chi connectivity index (χ0v) is 17.0. The molecular weight excluding hydrogens is 462 g/mol. The van der Waals surface area contributed by atoms with E-state index in [9.17, 15) is 9.18 Å². The summed E-state index contributed by atoms with van der Waals surface area (Å²) in [4.78, 5) is 24.7. The van der Waals surface area contributed by atoms with Gasteiger partial charge in [0.15, 0.2) is 0 Å². The maximum Gasteiger partial charge on any atom is 0.269 e. The lowest BCUT2D eigenvalue weighted by Crippen LogP contribution is -2.18. The summed E-state index contributed by atoms with van der Waals surface area (Å²) in [6.45, 7) is 3.83. The molecule has 5 N–H and O–H groups in total. The Morgan fingerprint density at radius 1 is 1.19 bits per heavy atom. The van der Waals surface area contributed by atoms with Crippen LogP contribution in [0.3, 0.4) is 0 Å². The number of amides is 1. The van der Waals surface area contributed by atoms with Crippen LogP contribution in [0.2, 0.25) is 0 Å². The minimum absolute atomic E-state index is 0.0999. The Hall–Kier alpha value is -2.56. The molecule has 0 aliphatic carbocycles. The number of hydrogen-bond acceptors (Lipinski definition) is 6. The zero-order chi connectivity index (χ0) is 19.7. The fourth-order valence-corrected chi connectivity index (χ4v) is 3.77. The van der Waals surface area contributed by atoms with E-state index >= 15 is 0 Å². The van der Waals surface area contributed by atoms with Gasteiger partial charge in [-0.05, 0) is 53.1 Å². The Balaban J connectivity index is 2.36. The summed E-state index contributed by atoms with van der Waals surface area (Å²) in [6.07, 6.45) is 1.13. The lowest BCUT2D eigenvalue weighted by Gasteiger charge is -2.18. The molecule has 0 saturated heterocycles. The number of rotatable bonds is 5. The molecule has 0 atom stereocenters. The van der Waals surface area contributed by atoms with E-state index in [0.717, 1.165) is 9.13 Å². The molecule has 2 aromatic heterocycles. The molecule has 140 valence electrons. The zero-order valence-electron chi connectivity index (χ0n) is 14.8. The number of nitrogens with zero attached hydrogens (tertiary/aromatic N) is 3. The lowest BCUT2D eigenvalue weighted by atomic mass is 10.1. The lowest BCUT2D eigenvalue weighted by molar-refractivity contribution is 0.0994. The highest BCUT2D eigenvalue weighted by molar-refractivity contribution is 14.1. The molecule has 3 rings (SSSR count). The Labute approximate surface area is 168 Å². The molecule has 0 fully saturated rings. The first-order chi connectivity index (χ1) is 12.9. The minimum atomic E-state index is -0.661. The topological polar surface area (TPSA) is 120 Å². The second-order valence-corrected chi connectivity index (χ2v) is 6.92. The van der Waals surface area contributed by atoms with Gasteiger partial charge >= 0.3 is 0 Å². The monoisotopic (exact) mass is 480 g/mol. The summed E-state index contributed by atoms with van der Waals surface area (Å²) < 4.78 is 14.3. The minimum Gasteiger partial charge on any atom is -0.396 e. The predicted octanol–water partition coefficient (Wildman–Crippen LogP) is 3.32. The smallest absolute Gasteiger partial charge is 0.269 e. The molecule has 3 aromatic rings. The summed E-state index contributed by atoms with van der Waals surface area (Å²) in [5.74, 6) is -0.954. The highest BCUT2D eigenvalue weighted by Crippen LogP contribution is 2.37. The Morgan fingerprint density at radius 2 is 1.93 bits per heavy atom. The van der Waals surface area contributed by atoms with Gasteiger partial charge in [-0.15, -0.1) is 0 Å². The Morgan fingerprint density at radius 3 is 2.52 bits per heavy atom. The molecular formula is C18H18FIN6O. The third-order valence-electron chi connectivity index (χ3n) is 4.15. The number of carbonyl (C=O) groups is 1. The fraction of sp³-hybridized carbons (Fsp3) is 0.222. The first-order valence-corrected chi connectivity index (χ1v) is 9.45. The van der Waals surface area contributed by atoms with Crippen LogP contribution in [0.1, 0.15) is 35.6 Å². The quantitative estimate of drug-likeness (QED) is 0.293. The van der Waals surface area contributed by atoms with Crippen molar-refractivity contribution in [1.29, 1.82) is 0 Å². The summed E-state index contributed by atoms with van der Waals surface area (Å²) >= 11 is 2.16. The number of primary amides is 1. The van der Waals surface area contributed by atoms with E-state index in [0.29, 0.717) is 46.8 Å². The molecule has 0 saturated carbocycles. The number of nitrogen functional groups attached to an aromatic ring is 1. The van der Waals surface area contributed by atoms with Gasteiger partial charge in [-0.1, -0.05) is 19.9 Å². The van der Waals surface area contributed by atoms with Gasteiger partial charge in [-0.3, -0.25) is 4.79 Å². The second-order valence-electron chi connectivity index (χ2n) is 5.84. The molecule has 0 spiro atoms. The van der Waals surface area contributed by atoms with Crippen LogP contribution in [-0.4, -0.2) is 20.9 Å². The van der Waals surface area contributed by atoms with Gasteiger partial charge < -0.3 is 16.8 Å². The number of halogens is 2. The van der Waals surface area contributed by atoms with Gasteiger partial charge in [0.1, 0.15) is 22.5 Å². The number of benzene rings is 1. The van der Waals surface area contributed by atoms with Crippen LogP contribution >= 0.6 is 22.6 Å². The number of nitrogens with two attached hydrogens (primary N) is 2. The molecule has 0 aliphatic rings. The van der Waals surface area contributed by atoms with Crippen molar-refractivity contribution in [3.05, 3.63) is 44.7 Å². The molecule has 7 nitrogen and oxygen atoms in total. The van der Waals surface area contributed by atoms with Gasteiger partial charge in [-0.2, -0.15) is 4.39 Å². The normalized spacial score (nSPS) is 11.0. The third-order valence-corrected chi connectivity index (χ3v) is 5.39. The number of aryl methyl sites for hydroxylation is 1. The maximum absolute atomic E-state index is 13.5. The third kappa shape index (κ3) is 3.51. The van der Waals surface area contributed by atoms with Crippen molar-refractivity contribution in [1.82, 2.24) is 15.0 Å². The molecule has 2 heterocycles. The molecule has 0 aliphatic heterocycles. The second kappa shape index (κ2) is 7.59. The van der Waals surface area contributed by atoms with Crippen LogP contribution in [0, 0.1) is 9.52 Å². The van der Waals surface area contributed by atoms with Crippen molar-refractivity contribution in [3.8, 4) is 0 Å². The highest BCUT2D eigenvalue weighted by Gasteiger charge is 2.21. The largest absolute Gasteiger partial charge is 0.396 e. The van der Waals surface area contributed by atoms with Gasteiger partial charge in [0.05, 0.1) is 17.1 Å². The van der Waals surface area contributed by atoms with Crippen LogP contribution in [-0.2, 0) is 12.8 Å². The molecule has 0 radical (unpaired) electrons. The van der Waals surface area contributed by atoms with Gasteiger partial charge in [0.25, 0.3) is 5.91 Å². The fourth-order valence-electron chi connectivity index (χ4n) is 2.87. The van der Waals surface area contributed by atoms with Crippen LogP contribution in [0.4, 0.5) is 21.6 Å². The van der Waals surface area contributed by atoms with E-state index in [1.165, 1.54) is 6.07 Å². The van der Waals surface area contributed by atoms with Gasteiger partial charge in [0, 0.05) is 3.57 Å². The number of carbonyl (C=O) groups excluding carboxylic acids is 1. The van der Waals surface area contributed by atoms with E-state index in [1.54, 1.807) is 12.1 Å². The Kier molecular flexibility index (Phi) is 5.40. The maximum atomic E-state index is 13.5. The van der Waals surface area contributed by atoms with E-state index in [-0.39, 0.29) is 5.69 Å². The predicted molar refractivity (Wildman–Crippen MR) is 111 cm³/mol. The molecule has 1 amide bonds. The van der Waals surface area contributed by atoms with E-state index in [1.807, 2.05) is 13.8 Å². The van der Waals surface area contributed by atoms with Crippen molar-refractivity contribution >= 4 is 56.7 Å². The number of hydrogen-bond donors (Lipinski definition) is 3. The summed E-state index contributed by atoms with van der Waals surface area (Å²) in [5.41, 5.74) is 15.2. The molecule has 27 heavy (non-hydrogen) atoms. The summed E-state index contributed by atoms with van der Waals surface area (Å²) in [7, 11) is 0. The van der Waals surface area contributed by atoms with Crippen molar-refractivity contribution in [2.75, 3.05) is 11.1 Å². The van der Waals surface area contributed by atoms with Crippen LogP contribution in [0.15, 0.2) is 18.2 Å². The van der Waals surface area contributed by atoms with Gasteiger partial charge in [-0.25, -0.2) is 15.0 Å². The average Bonchev–Trinajstić information content (AvgIpc) is 2.65. The molecule has 9 heteroatoms. The summed E-state index contributed by atoms with van der Waals surface area (Å²) in [5, 5.41) is 3.11. The van der Waals surface area contributed by atoms with E-state index in [4.69, 9.17) is 11.5 Å². The standard InChI is InChI=1S/C18H18FIN6O/c1-3-8-12(20)13(21)16-17(26-15(18(22)27)9(4-2)23-16)14(8)25-11-7-5-6-10(19)24-11/h5-7H,3-4,21H2,1-2H3,(H2,22,27)(H,24,25). The Bertz CT molecular complexity index is 1060.